The summed E-state index contributed by atoms with van der Waals surface area (Å²) in [5, 5.41) is 12.3. The van der Waals surface area contributed by atoms with E-state index < -0.39 is 12.3 Å². The zero-order valence-electron chi connectivity index (χ0n) is 12.9. The number of rotatable bonds is 6. The van der Waals surface area contributed by atoms with Gasteiger partial charge >= 0.3 is 0 Å². The van der Waals surface area contributed by atoms with Gasteiger partial charge in [-0.15, -0.1) is 0 Å². The highest BCUT2D eigenvalue weighted by atomic mass is 19.3. The molecule has 1 aliphatic rings. The molecule has 0 spiro atoms. The maximum atomic E-state index is 12.5. The summed E-state index contributed by atoms with van der Waals surface area (Å²) in [4.78, 5) is 25.2. The van der Waals surface area contributed by atoms with Crippen LogP contribution < -0.4 is 5.32 Å². The molecular weight excluding hydrogens is 306 g/mol. The topological polar surface area (TPSA) is 69.6 Å². The van der Waals surface area contributed by atoms with Gasteiger partial charge in [0, 0.05) is 18.2 Å². The highest BCUT2D eigenvalue weighted by Crippen LogP contribution is 2.20. The summed E-state index contributed by atoms with van der Waals surface area (Å²) in [6, 6.07) is 3.95. The van der Waals surface area contributed by atoms with Gasteiger partial charge in [-0.3, -0.25) is 14.5 Å². The van der Waals surface area contributed by atoms with Gasteiger partial charge < -0.3 is 10.4 Å². The predicted molar refractivity (Wildman–Crippen MR) is 81.0 cm³/mol. The fourth-order valence-corrected chi connectivity index (χ4v) is 2.82. The smallest absolute Gasteiger partial charge is 0.251 e. The van der Waals surface area contributed by atoms with E-state index in [0.717, 1.165) is 12.8 Å². The predicted octanol–water partition coefficient (Wildman–Crippen LogP) is 2.05. The van der Waals surface area contributed by atoms with Gasteiger partial charge in [0.25, 0.3) is 12.3 Å². The Labute approximate surface area is 133 Å². The van der Waals surface area contributed by atoms with Crippen molar-refractivity contribution in [3.63, 3.8) is 0 Å². The van der Waals surface area contributed by atoms with E-state index in [9.17, 15) is 23.5 Å². The Morgan fingerprint density at radius 3 is 2.83 bits per heavy atom. The van der Waals surface area contributed by atoms with Crippen LogP contribution in [0.4, 0.5) is 8.78 Å². The van der Waals surface area contributed by atoms with Crippen molar-refractivity contribution in [2.24, 2.45) is 0 Å². The third-order valence-corrected chi connectivity index (χ3v) is 4.01. The van der Waals surface area contributed by atoms with Crippen molar-refractivity contribution in [3.8, 4) is 5.75 Å². The fourth-order valence-electron chi connectivity index (χ4n) is 2.82. The quantitative estimate of drug-likeness (QED) is 0.785. The van der Waals surface area contributed by atoms with Crippen LogP contribution in [0.1, 0.15) is 40.5 Å². The lowest BCUT2D eigenvalue weighted by Crippen LogP contribution is -2.42. The van der Waals surface area contributed by atoms with Crippen LogP contribution in [0.25, 0.3) is 0 Å². The molecule has 1 aromatic carbocycles. The van der Waals surface area contributed by atoms with Crippen LogP contribution >= 0.6 is 0 Å². The van der Waals surface area contributed by atoms with E-state index in [1.165, 1.54) is 25.1 Å². The minimum Gasteiger partial charge on any atom is -0.507 e. The van der Waals surface area contributed by atoms with E-state index in [1.807, 2.05) is 0 Å². The van der Waals surface area contributed by atoms with Gasteiger partial charge in [-0.2, -0.15) is 0 Å². The number of aromatic hydroxyl groups is 1. The van der Waals surface area contributed by atoms with Crippen LogP contribution in [0.2, 0.25) is 0 Å². The van der Waals surface area contributed by atoms with Crippen molar-refractivity contribution < 1.29 is 23.5 Å². The SMILES string of the molecule is CC(=O)c1cc(C(=O)NCC2CCCN2CC(F)F)ccc1O. The molecule has 0 saturated carbocycles. The molecule has 23 heavy (non-hydrogen) atoms. The van der Waals surface area contributed by atoms with E-state index >= 15 is 0 Å². The Balaban J connectivity index is 1.97. The number of benzene rings is 1. The molecule has 1 fully saturated rings. The maximum absolute atomic E-state index is 12.5. The molecule has 0 bridgehead atoms. The number of carbonyl (C=O) groups is 2. The van der Waals surface area contributed by atoms with Crippen LogP contribution in [-0.4, -0.2) is 53.8 Å². The first-order valence-corrected chi connectivity index (χ1v) is 7.53. The molecular formula is C16H20F2N2O3. The first kappa shape index (κ1) is 17.3. The molecule has 1 unspecified atom stereocenters. The van der Waals surface area contributed by atoms with Crippen molar-refractivity contribution in [3.05, 3.63) is 29.3 Å². The number of hydrogen-bond acceptors (Lipinski definition) is 4. The number of carbonyl (C=O) groups excluding carboxylic acids is 2. The summed E-state index contributed by atoms with van der Waals surface area (Å²) in [6.45, 7) is 1.91. The molecule has 7 heteroatoms. The van der Waals surface area contributed by atoms with Crippen molar-refractivity contribution in [1.82, 2.24) is 10.2 Å². The Bertz CT molecular complexity index is 593. The number of hydrogen-bond donors (Lipinski definition) is 2. The lowest BCUT2D eigenvalue weighted by Gasteiger charge is -2.24. The Kier molecular flexibility index (Phi) is 5.65. The van der Waals surface area contributed by atoms with Gasteiger partial charge in [0.1, 0.15) is 5.75 Å². The number of amides is 1. The molecule has 1 aliphatic heterocycles. The van der Waals surface area contributed by atoms with Gasteiger partial charge in [-0.05, 0) is 44.5 Å². The van der Waals surface area contributed by atoms with Gasteiger partial charge in [0.2, 0.25) is 0 Å². The average Bonchev–Trinajstić information content (AvgIpc) is 2.91. The molecule has 5 nitrogen and oxygen atoms in total. The summed E-state index contributed by atoms with van der Waals surface area (Å²) in [5.41, 5.74) is 0.337. The van der Waals surface area contributed by atoms with Gasteiger partial charge in [0.15, 0.2) is 5.78 Å². The Hall–Kier alpha value is -2.02. The van der Waals surface area contributed by atoms with Crippen LogP contribution in [0.3, 0.4) is 0 Å². The number of ketones is 1. The highest BCUT2D eigenvalue weighted by Gasteiger charge is 2.27. The summed E-state index contributed by atoms with van der Waals surface area (Å²) in [5.74, 6) is -0.902. The highest BCUT2D eigenvalue weighted by molar-refractivity contribution is 6.01. The van der Waals surface area contributed by atoms with Gasteiger partial charge in [0.05, 0.1) is 12.1 Å². The van der Waals surface area contributed by atoms with Crippen LogP contribution in [0.5, 0.6) is 5.75 Å². The first-order chi connectivity index (χ1) is 10.9. The van der Waals surface area contributed by atoms with Gasteiger partial charge in [-0.1, -0.05) is 0 Å². The number of nitrogens with zero attached hydrogens (tertiary/aromatic N) is 1. The summed E-state index contributed by atoms with van der Waals surface area (Å²) >= 11 is 0. The second-order valence-electron chi connectivity index (χ2n) is 5.68. The van der Waals surface area contributed by atoms with E-state index in [4.69, 9.17) is 0 Å². The molecule has 2 N–H and O–H groups in total. The normalized spacial score (nSPS) is 18.3. The molecule has 0 radical (unpaired) electrons. The molecule has 1 atom stereocenters. The number of phenolic OH excluding ortho intramolecular Hbond substituents is 1. The second-order valence-corrected chi connectivity index (χ2v) is 5.68. The van der Waals surface area contributed by atoms with E-state index in [1.54, 1.807) is 4.90 Å². The maximum Gasteiger partial charge on any atom is 0.251 e. The first-order valence-electron chi connectivity index (χ1n) is 7.53. The molecule has 0 aliphatic carbocycles. The van der Waals surface area contributed by atoms with Crippen LogP contribution in [-0.2, 0) is 0 Å². The zero-order chi connectivity index (χ0) is 17.0. The molecule has 126 valence electrons. The number of nitrogens with one attached hydrogen (secondary N) is 1. The largest absolute Gasteiger partial charge is 0.507 e. The third-order valence-electron chi connectivity index (χ3n) is 4.01. The summed E-state index contributed by atoms with van der Waals surface area (Å²) < 4.78 is 25.0. The van der Waals surface area contributed by atoms with E-state index in [0.29, 0.717) is 6.54 Å². The summed E-state index contributed by atoms with van der Waals surface area (Å²) in [6.07, 6.45) is -0.788. The molecule has 1 amide bonds. The third kappa shape index (κ3) is 4.48. The molecule has 1 aromatic rings. The molecule has 1 saturated heterocycles. The fraction of sp³-hybridized carbons (Fsp3) is 0.500. The standard InChI is InChI=1S/C16H20F2N2O3/c1-10(21)13-7-11(4-5-14(13)22)16(23)19-8-12-3-2-6-20(12)9-15(17)18/h4-5,7,12,15,22H,2-3,6,8-9H2,1H3,(H,19,23). The number of Topliss-reactive ketones (excluding diaryl/α,β-unsaturated/α-hetero) is 1. The zero-order valence-corrected chi connectivity index (χ0v) is 12.9. The monoisotopic (exact) mass is 326 g/mol. The minimum absolute atomic E-state index is 0.0813. The van der Waals surface area contributed by atoms with Crippen molar-refractivity contribution in [2.45, 2.75) is 32.2 Å². The van der Waals surface area contributed by atoms with Crippen LogP contribution in [0, 0.1) is 0 Å². The Morgan fingerprint density at radius 1 is 1.43 bits per heavy atom. The average molecular weight is 326 g/mol. The number of likely N-dealkylation sites (tertiary alicyclic amines) is 1. The number of halogens is 2. The minimum atomic E-state index is -2.39. The van der Waals surface area contributed by atoms with Gasteiger partial charge in [-0.25, -0.2) is 8.78 Å². The molecule has 0 aromatic heterocycles. The van der Waals surface area contributed by atoms with Crippen molar-refractivity contribution >= 4 is 11.7 Å². The summed E-state index contributed by atoms with van der Waals surface area (Å²) in [7, 11) is 0. The second kappa shape index (κ2) is 7.50. The van der Waals surface area contributed by atoms with Crippen molar-refractivity contribution in [1.29, 1.82) is 0 Å². The van der Waals surface area contributed by atoms with E-state index in [2.05, 4.69) is 5.32 Å². The number of phenols is 1. The Morgan fingerprint density at radius 2 is 2.17 bits per heavy atom. The van der Waals surface area contributed by atoms with Crippen LogP contribution in [0.15, 0.2) is 18.2 Å². The lowest BCUT2D eigenvalue weighted by molar-refractivity contribution is 0.0792. The number of alkyl halides is 2. The van der Waals surface area contributed by atoms with E-state index in [-0.39, 0.29) is 41.8 Å². The van der Waals surface area contributed by atoms with Crippen molar-refractivity contribution in [2.75, 3.05) is 19.6 Å². The molecule has 2 rings (SSSR count). The molecule has 1 heterocycles. The lowest BCUT2D eigenvalue weighted by atomic mass is 10.1.